The summed E-state index contributed by atoms with van der Waals surface area (Å²) in [5, 5.41) is 3.42. The van der Waals surface area contributed by atoms with Crippen LogP contribution in [0.3, 0.4) is 0 Å². The number of nitrogens with zero attached hydrogens (tertiary/aromatic N) is 3. The van der Waals surface area contributed by atoms with E-state index < -0.39 is 0 Å². The Balaban J connectivity index is 1.54. The second-order valence-electron chi connectivity index (χ2n) is 7.18. The van der Waals surface area contributed by atoms with Crippen LogP contribution in [-0.2, 0) is 19.5 Å². The molecule has 3 aromatic rings. The highest BCUT2D eigenvalue weighted by atomic mass is 16.5. The summed E-state index contributed by atoms with van der Waals surface area (Å²) in [7, 11) is 3.34. The molecule has 0 saturated heterocycles. The number of hydrogen-bond donors (Lipinski definition) is 1. The van der Waals surface area contributed by atoms with Crippen molar-refractivity contribution in [1.29, 1.82) is 0 Å². The molecule has 1 aliphatic heterocycles. The van der Waals surface area contributed by atoms with E-state index in [9.17, 15) is 0 Å². The minimum Gasteiger partial charge on any atom is -0.493 e. The molecular weight excluding hydrogens is 364 g/mol. The van der Waals surface area contributed by atoms with Crippen molar-refractivity contribution >= 4 is 11.8 Å². The molecule has 2 heterocycles. The van der Waals surface area contributed by atoms with Gasteiger partial charge in [0.05, 0.1) is 14.2 Å². The molecule has 29 heavy (non-hydrogen) atoms. The Labute approximate surface area is 171 Å². The van der Waals surface area contributed by atoms with E-state index in [2.05, 4.69) is 39.5 Å². The Morgan fingerprint density at radius 2 is 1.69 bits per heavy atom. The molecule has 1 N–H and O–H groups in total. The van der Waals surface area contributed by atoms with Gasteiger partial charge in [-0.25, -0.2) is 4.98 Å². The largest absolute Gasteiger partial charge is 0.493 e. The standard InChI is InChI=1S/C23H26N4O2/c1-16-11-22(24-14-17-7-5-4-6-8-17)26-23(25-16)27-10-9-18-12-20(28-2)21(29-3)13-19(18)15-27/h4-8,11-13H,9-10,14-15H2,1-3H3,(H,24,25,26). The van der Waals surface area contributed by atoms with E-state index in [4.69, 9.17) is 14.5 Å². The van der Waals surface area contributed by atoms with Gasteiger partial charge in [-0.1, -0.05) is 30.3 Å². The quantitative estimate of drug-likeness (QED) is 0.687. The number of anilines is 2. The molecule has 2 aromatic carbocycles. The zero-order valence-electron chi connectivity index (χ0n) is 17.1. The van der Waals surface area contributed by atoms with Crippen molar-refractivity contribution in [1.82, 2.24) is 9.97 Å². The fourth-order valence-corrected chi connectivity index (χ4v) is 3.63. The minimum atomic E-state index is 0.733. The van der Waals surface area contributed by atoms with E-state index in [0.717, 1.165) is 55.0 Å². The van der Waals surface area contributed by atoms with Gasteiger partial charge < -0.3 is 19.7 Å². The second kappa shape index (κ2) is 8.39. The molecule has 0 radical (unpaired) electrons. The third kappa shape index (κ3) is 4.26. The van der Waals surface area contributed by atoms with Crippen LogP contribution in [0, 0.1) is 6.92 Å². The van der Waals surface area contributed by atoms with Crippen LogP contribution < -0.4 is 19.7 Å². The summed E-state index contributed by atoms with van der Waals surface area (Å²) >= 11 is 0. The lowest BCUT2D eigenvalue weighted by Gasteiger charge is -2.30. The number of benzene rings is 2. The van der Waals surface area contributed by atoms with Crippen LogP contribution in [0.25, 0.3) is 0 Å². The first-order chi connectivity index (χ1) is 14.2. The fourth-order valence-electron chi connectivity index (χ4n) is 3.63. The summed E-state index contributed by atoms with van der Waals surface area (Å²) in [6.07, 6.45) is 0.916. The molecule has 0 saturated carbocycles. The van der Waals surface area contributed by atoms with Crippen LogP contribution in [0.2, 0.25) is 0 Å². The molecule has 0 atom stereocenters. The number of fused-ring (bicyclic) bond motifs is 1. The average molecular weight is 390 g/mol. The van der Waals surface area contributed by atoms with Crippen LogP contribution in [0.5, 0.6) is 11.5 Å². The Hall–Kier alpha value is -3.28. The summed E-state index contributed by atoms with van der Waals surface area (Å²) in [4.78, 5) is 11.7. The van der Waals surface area contributed by atoms with Gasteiger partial charge in [-0.05, 0) is 42.2 Å². The third-order valence-electron chi connectivity index (χ3n) is 5.16. The van der Waals surface area contributed by atoms with Crippen LogP contribution >= 0.6 is 0 Å². The molecule has 6 nitrogen and oxygen atoms in total. The lowest BCUT2D eigenvalue weighted by atomic mass is 9.99. The smallest absolute Gasteiger partial charge is 0.227 e. The molecule has 6 heteroatoms. The maximum absolute atomic E-state index is 5.47. The first kappa shape index (κ1) is 19.1. The van der Waals surface area contributed by atoms with Crippen molar-refractivity contribution in [2.75, 3.05) is 31.0 Å². The maximum atomic E-state index is 5.47. The zero-order chi connectivity index (χ0) is 20.2. The Kier molecular flexibility index (Phi) is 5.51. The summed E-state index contributed by atoms with van der Waals surface area (Å²) < 4.78 is 10.9. The van der Waals surface area contributed by atoms with Crippen LogP contribution in [-0.4, -0.2) is 30.7 Å². The first-order valence-electron chi connectivity index (χ1n) is 9.78. The molecule has 0 aliphatic carbocycles. The molecule has 1 aromatic heterocycles. The molecule has 0 spiro atoms. The van der Waals surface area contributed by atoms with Gasteiger partial charge in [-0.3, -0.25) is 0 Å². The lowest BCUT2D eigenvalue weighted by molar-refractivity contribution is 0.353. The first-order valence-corrected chi connectivity index (χ1v) is 9.78. The third-order valence-corrected chi connectivity index (χ3v) is 5.16. The van der Waals surface area contributed by atoms with Crippen LogP contribution in [0.15, 0.2) is 48.5 Å². The predicted octanol–water partition coefficient (Wildman–Crippen LogP) is 3.98. The molecule has 0 fully saturated rings. The van der Waals surface area contributed by atoms with Gasteiger partial charge in [0.15, 0.2) is 11.5 Å². The Bertz CT molecular complexity index is 992. The van der Waals surface area contributed by atoms with E-state index >= 15 is 0 Å². The summed E-state index contributed by atoms with van der Waals surface area (Å²) in [5.41, 5.74) is 4.67. The molecular formula is C23H26N4O2. The monoisotopic (exact) mass is 390 g/mol. The maximum Gasteiger partial charge on any atom is 0.227 e. The summed E-state index contributed by atoms with van der Waals surface area (Å²) in [6, 6.07) is 16.4. The van der Waals surface area contributed by atoms with Crippen molar-refractivity contribution < 1.29 is 9.47 Å². The van der Waals surface area contributed by atoms with Crippen molar-refractivity contribution in [2.45, 2.75) is 26.4 Å². The molecule has 4 rings (SSSR count). The van der Waals surface area contributed by atoms with Crippen LogP contribution in [0.1, 0.15) is 22.4 Å². The lowest BCUT2D eigenvalue weighted by Crippen LogP contribution is -2.32. The van der Waals surface area contributed by atoms with Gasteiger partial charge in [0.25, 0.3) is 0 Å². The molecule has 150 valence electrons. The summed E-state index contributed by atoms with van der Waals surface area (Å²) in [5.74, 6) is 3.12. The van der Waals surface area contributed by atoms with Gasteiger partial charge in [0.1, 0.15) is 5.82 Å². The number of hydrogen-bond acceptors (Lipinski definition) is 6. The highest BCUT2D eigenvalue weighted by Crippen LogP contribution is 2.34. The highest BCUT2D eigenvalue weighted by molar-refractivity contribution is 5.52. The van der Waals surface area contributed by atoms with Crippen molar-refractivity contribution in [3.05, 3.63) is 70.9 Å². The average Bonchev–Trinajstić information content (AvgIpc) is 2.76. The second-order valence-corrected chi connectivity index (χ2v) is 7.18. The minimum absolute atomic E-state index is 0.733. The van der Waals surface area contributed by atoms with E-state index in [1.807, 2.05) is 31.2 Å². The highest BCUT2D eigenvalue weighted by Gasteiger charge is 2.21. The van der Waals surface area contributed by atoms with E-state index in [1.165, 1.54) is 16.7 Å². The zero-order valence-corrected chi connectivity index (χ0v) is 17.1. The fraction of sp³-hybridized carbons (Fsp3) is 0.304. The predicted molar refractivity (Wildman–Crippen MR) is 115 cm³/mol. The van der Waals surface area contributed by atoms with Gasteiger partial charge in [-0.2, -0.15) is 4.98 Å². The number of rotatable bonds is 6. The number of aromatic nitrogens is 2. The SMILES string of the molecule is COc1cc2c(cc1OC)CN(c1nc(C)cc(NCc3ccccc3)n1)CC2. The Morgan fingerprint density at radius 1 is 0.966 bits per heavy atom. The van der Waals surface area contributed by atoms with Gasteiger partial charge in [-0.15, -0.1) is 0 Å². The molecule has 0 unspecified atom stereocenters. The number of ether oxygens (including phenoxy) is 2. The number of nitrogens with one attached hydrogen (secondary N) is 1. The normalized spacial score (nSPS) is 13.0. The van der Waals surface area contributed by atoms with Gasteiger partial charge in [0, 0.05) is 31.4 Å². The Morgan fingerprint density at radius 3 is 2.41 bits per heavy atom. The van der Waals surface area contributed by atoms with E-state index in [1.54, 1.807) is 14.2 Å². The summed E-state index contributed by atoms with van der Waals surface area (Å²) in [6.45, 7) is 4.35. The van der Waals surface area contributed by atoms with Crippen molar-refractivity contribution in [2.24, 2.45) is 0 Å². The van der Waals surface area contributed by atoms with E-state index in [-0.39, 0.29) is 0 Å². The number of methoxy groups -OCH3 is 2. The topological polar surface area (TPSA) is 59.5 Å². The van der Waals surface area contributed by atoms with Gasteiger partial charge in [0.2, 0.25) is 5.95 Å². The van der Waals surface area contributed by atoms with Crippen LogP contribution in [0.4, 0.5) is 11.8 Å². The molecule has 0 bridgehead atoms. The van der Waals surface area contributed by atoms with Crippen molar-refractivity contribution in [3.63, 3.8) is 0 Å². The number of aryl methyl sites for hydroxylation is 1. The van der Waals surface area contributed by atoms with Crippen molar-refractivity contribution in [3.8, 4) is 11.5 Å². The molecule has 0 amide bonds. The molecule has 1 aliphatic rings. The van der Waals surface area contributed by atoms with Gasteiger partial charge >= 0.3 is 0 Å². The van der Waals surface area contributed by atoms with E-state index in [0.29, 0.717) is 0 Å².